The normalized spacial score (nSPS) is 26.3. The smallest absolute Gasteiger partial charge is 0.341 e. The SMILES string of the molecule is C=CC1C[C@]1(CC(=O)[C@@H]1CC(Oc2cc(-c3csc(CC(C)C)n3)nc3c(Cl)c(OCC(=O)O)ccc23)CN1C(=O)[C@@H](CC(=O)OC1C[C@@H]2C[C@@H]2C1)C(C)(C)C)C(=O)O.C=CC1C[C@]1(CC(=O)[C@@H]1CC(Oc2cc(-c3csc(CC(C)C)n3)nc3c(Cl)c(OCC(C)=O)ccc23)CN1C(=O)[C@@H](CC(=O)OC1C[C@@H]2C[C@@H]2C1)C(C)(C)C)C(=O)O. The number of Topliss-reactive ketones (excluding diaryl/α,β-unsaturated/α-hetero) is 3. The van der Waals surface area contributed by atoms with Crippen LogP contribution in [-0.2, 0) is 70.3 Å². The molecule has 0 bridgehead atoms. The molecule has 25 nitrogen and oxygen atoms in total. The molecule has 6 saturated carbocycles. The van der Waals surface area contributed by atoms with Crippen molar-refractivity contribution in [2.45, 2.75) is 215 Å². The van der Waals surface area contributed by atoms with Crippen molar-refractivity contribution in [3.05, 3.63) is 92.5 Å². The number of nitrogens with zero attached hydrogens (tertiary/aromatic N) is 6. The average molecular weight is 1700 g/mol. The van der Waals surface area contributed by atoms with Crippen LogP contribution in [0.4, 0.5) is 0 Å². The van der Waals surface area contributed by atoms with Crippen molar-refractivity contribution in [1.82, 2.24) is 29.7 Å². The number of carboxylic acid groups (broad SMARTS) is 3. The Balaban J connectivity index is 0.000000205. The van der Waals surface area contributed by atoms with E-state index in [2.05, 4.69) is 40.9 Å². The number of aliphatic carboxylic acids is 3. The maximum absolute atomic E-state index is 14.8. The van der Waals surface area contributed by atoms with Crippen LogP contribution in [-0.4, -0.2) is 167 Å². The van der Waals surface area contributed by atoms with Crippen molar-refractivity contribution in [3.8, 4) is 45.8 Å². The van der Waals surface area contributed by atoms with Crippen molar-refractivity contribution < 1.29 is 91.7 Å². The van der Waals surface area contributed by atoms with E-state index in [9.17, 15) is 63.3 Å². The highest BCUT2D eigenvalue weighted by molar-refractivity contribution is 7.10. The summed E-state index contributed by atoms with van der Waals surface area (Å²) < 4.78 is 36.4. The first-order valence-electron chi connectivity index (χ1n) is 41.0. The van der Waals surface area contributed by atoms with Gasteiger partial charge < -0.3 is 53.5 Å². The molecule has 3 N–H and O–H groups in total. The fourth-order valence-corrected chi connectivity index (χ4v) is 20.3. The number of hydrogen-bond acceptors (Lipinski definition) is 22. The lowest BCUT2D eigenvalue weighted by Gasteiger charge is -2.35. The number of fused-ring (bicyclic) bond motifs is 4. The number of benzene rings is 2. The molecule has 632 valence electrons. The minimum Gasteiger partial charge on any atom is -0.488 e. The second-order valence-corrected chi connectivity index (χ2v) is 39.5. The molecule has 0 radical (unpaired) electrons. The van der Waals surface area contributed by atoms with Gasteiger partial charge in [0.25, 0.3) is 0 Å². The van der Waals surface area contributed by atoms with Crippen molar-refractivity contribution in [2.24, 2.45) is 80.8 Å². The first kappa shape index (κ1) is 86.9. The lowest BCUT2D eigenvalue weighted by molar-refractivity contribution is -0.157. The number of carbonyl (C=O) groups excluding carboxylic acids is 7. The molecule has 14 rings (SSSR count). The Kier molecular flexibility index (Phi) is 25.5. The summed E-state index contributed by atoms with van der Waals surface area (Å²) in [5.41, 5.74) is -1.18. The van der Waals surface area contributed by atoms with Crippen LogP contribution in [0.5, 0.6) is 23.0 Å². The Bertz CT molecular complexity index is 4650. The Morgan fingerprint density at radius 2 is 0.915 bits per heavy atom. The summed E-state index contributed by atoms with van der Waals surface area (Å²) >= 11 is 16.8. The zero-order valence-electron chi connectivity index (χ0n) is 68.7. The van der Waals surface area contributed by atoms with E-state index in [1.807, 2.05) is 52.3 Å². The van der Waals surface area contributed by atoms with Crippen LogP contribution in [0.25, 0.3) is 44.6 Å². The lowest BCUT2D eigenvalue weighted by atomic mass is 9.77. The molecule has 2 aromatic carbocycles. The minimum atomic E-state index is -1.29. The van der Waals surface area contributed by atoms with Crippen LogP contribution in [0, 0.1) is 80.8 Å². The summed E-state index contributed by atoms with van der Waals surface area (Å²) in [5, 5.41) is 36.6. The zero-order valence-corrected chi connectivity index (χ0v) is 71.8. The topological polar surface area (TPSA) is 345 Å². The molecule has 6 heterocycles. The van der Waals surface area contributed by atoms with Crippen LogP contribution >= 0.6 is 45.9 Å². The molecule has 8 fully saturated rings. The molecule has 16 atom stereocenters. The number of carbonyl (C=O) groups is 10. The molecule has 29 heteroatoms. The Labute approximate surface area is 704 Å². The number of allylic oxidation sites excluding steroid dienone is 2. The summed E-state index contributed by atoms with van der Waals surface area (Å²) in [6.45, 7) is 27.9. The molecule has 6 aromatic rings. The molecule has 2 aliphatic heterocycles. The average Bonchev–Trinajstić information content (AvgIpc) is 1.57. The predicted octanol–water partition coefficient (Wildman–Crippen LogP) is 15.8. The van der Waals surface area contributed by atoms with Crippen molar-refractivity contribution in [1.29, 1.82) is 0 Å². The summed E-state index contributed by atoms with van der Waals surface area (Å²) in [5.74, 6) is -4.01. The Morgan fingerprint density at radius 1 is 0.534 bits per heavy atom. The lowest BCUT2D eigenvalue weighted by Crippen LogP contribution is -2.48. The zero-order chi connectivity index (χ0) is 85.1. The van der Waals surface area contributed by atoms with Crippen molar-refractivity contribution >= 4 is 127 Å². The van der Waals surface area contributed by atoms with Crippen molar-refractivity contribution in [3.63, 3.8) is 0 Å². The van der Waals surface area contributed by atoms with E-state index >= 15 is 0 Å². The van der Waals surface area contributed by atoms with Crippen LogP contribution < -0.4 is 18.9 Å². The van der Waals surface area contributed by atoms with Gasteiger partial charge in [-0.05, 0) is 141 Å². The first-order valence-corrected chi connectivity index (χ1v) is 43.5. The third-order valence-corrected chi connectivity index (χ3v) is 27.3. The number of rotatable bonds is 34. The van der Waals surface area contributed by atoms with E-state index in [1.54, 1.807) is 42.5 Å². The summed E-state index contributed by atoms with van der Waals surface area (Å²) in [4.78, 5) is 155. The number of aromatic nitrogens is 4. The van der Waals surface area contributed by atoms with Gasteiger partial charge in [-0.25, -0.2) is 24.7 Å². The van der Waals surface area contributed by atoms with Crippen LogP contribution in [0.1, 0.15) is 176 Å². The van der Waals surface area contributed by atoms with E-state index < -0.39 is 106 Å². The number of esters is 2. The number of carboxylic acids is 3. The quantitative estimate of drug-likeness (QED) is 0.0249. The molecule has 2 saturated heterocycles. The maximum Gasteiger partial charge on any atom is 0.341 e. The number of ketones is 3. The molecular weight excluding hydrogens is 1590 g/mol. The fourth-order valence-electron chi connectivity index (χ4n) is 17.8. The molecular formula is C89H106Cl2N6O19S2. The summed E-state index contributed by atoms with van der Waals surface area (Å²) in [6.07, 6.45) is 8.57. The van der Waals surface area contributed by atoms with Gasteiger partial charge in [0.1, 0.15) is 64.1 Å². The van der Waals surface area contributed by atoms with Gasteiger partial charge in [-0.1, -0.05) is 105 Å². The van der Waals surface area contributed by atoms with E-state index in [0.717, 1.165) is 48.5 Å². The highest BCUT2D eigenvalue weighted by Gasteiger charge is 2.63. The maximum atomic E-state index is 14.8. The van der Waals surface area contributed by atoms with Crippen LogP contribution in [0.2, 0.25) is 10.0 Å². The molecule has 6 aliphatic carbocycles. The summed E-state index contributed by atoms with van der Waals surface area (Å²) in [6, 6.07) is 8.03. The van der Waals surface area contributed by atoms with E-state index in [-0.39, 0.29) is 140 Å². The second kappa shape index (κ2) is 34.7. The predicted molar refractivity (Wildman–Crippen MR) is 444 cm³/mol. The number of pyridine rings is 2. The molecule has 6 unspecified atom stereocenters. The van der Waals surface area contributed by atoms with E-state index in [1.165, 1.54) is 58.3 Å². The van der Waals surface area contributed by atoms with Gasteiger partial charge in [-0.15, -0.1) is 35.8 Å². The Morgan fingerprint density at radius 3 is 1.25 bits per heavy atom. The number of amides is 2. The third-order valence-electron chi connectivity index (χ3n) is 24.8. The van der Waals surface area contributed by atoms with Gasteiger partial charge in [0.05, 0.1) is 105 Å². The van der Waals surface area contributed by atoms with Crippen LogP contribution in [0.15, 0.2) is 72.5 Å². The molecule has 2 amide bonds. The molecule has 0 spiro atoms. The number of ether oxygens (including phenoxy) is 6. The van der Waals surface area contributed by atoms with E-state index in [0.29, 0.717) is 86.1 Å². The standard InChI is InChI=1S/C45H54ClN3O9S.C44H52ClN3O10S/c1-8-27-18-45(27,43(54)55)19-35(51)34-15-29(20-49(34)42(53)31(44(5,6)7)16-39(52)58-28-13-25-12-26(25)14-28)57-37-17-32(33-22-59-38(47-33)11-23(2)3)48-41-30(37)9-10-36(40(41)46)56-21-24(4)50;1-7-25-17-44(25,42(54)55)18-33(49)32-14-27(19-48(32)41(53)29(43(4,5)6)15-38(52)58-26-12-23-11-24(23)13-26)57-35-16-30(31-21-59-36(46-31)10-22(2)3)47-40-28(35)8-9-34(39(40)45)56-20-37(50)51/h8-10,17,22-23,25-29,31,34H,1,11-16,18-21H2,2-7H3,(H,54,55);7-9,16,21-27,29,32H,1,10-15,17-20H2,2-6H3,(H,50,51)(H,54,55)/t25-,26+,27?,28?,29?,31-,34+,45-;23-,24+,25?,26?,27?,29-,32+,44-/m11/s1. The molecule has 4 aromatic heterocycles. The van der Waals surface area contributed by atoms with Gasteiger partial charge in [-0.2, -0.15) is 0 Å². The van der Waals surface area contributed by atoms with Crippen molar-refractivity contribution in [2.75, 3.05) is 26.3 Å². The highest BCUT2D eigenvalue weighted by atomic mass is 35.5. The monoisotopic (exact) mass is 1700 g/mol. The first-order chi connectivity index (χ1) is 55.7. The number of hydrogen-bond donors (Lipinski definition) is 3. The Hall–Kier alpha value is -8.92. The summed E-state index contributed by atoms with van der Waals surface area (Å²) in [7, 11) is 0. The van der Waals surface area contributed by atoms with Crippen LogP contribution in [0.3, 0.4) is 0 Å². The third kappa shape index (κ3) is 19.4. The number of thiazole rings is 2. The number of likely N-dealkylation sites (tertiary alicyclic amines) is 2. The van der Waals surface area contributed by atoms with Gasteiger partial charge >= 0.3 is 29.8 Å². The minimum absolute atomic E-state index is 0.00966. The number of halogens is 2. The second-order valence-electron chi connectivity index (χ2n) is 36.9. The molecule has 118 heavy (non-hydrogen) atoms. The van der Waals surface area contributed by atoms with Gasteiger partial charge in [-0.3, -0.25) is 43.2 Å². The van der Waals surface area contributed by atoms with E-state index in [4.69, 9.17) is 71.6 Å². The van der Waals surface area contributed by atoms with Gasteiger partial charge in [0, 0.05) is 72.2 Å². The van der Waals surface area contributed by atoms with Gasteiger partial charge in [0.15, 0.2) is 24.0 Å². The largest absolute Gasteiger partial charge is 0.488 e. The molecule has 8 aliphatic rings. The fraction of sp³-hybridized carbons (Fsp3) is 0.573. The highest BCUT2D eigenvalue weighted by Crippen LogP contribution is 2.59. The van der Waals surface area contributed by atoms with Gasteiger partial charge in [0.2, 0.25) is 11.8 Å².